The number of halogens is 2. The molecule has 10 heteroatoms. The van der Waals surface area contributed by atoms with Crippen LogP contribution in [0.5, 0.6) is 5.88 Å². The molecule has 0 spiro atoms. The van der Waals surface area contributed by atoms with Gasteiger partial charge in [0, 0.05) is 5.56 Å². The molecular weight excluding hydrogens is 462 g/mol. The summed E-state index contributed by atoms with van der Waals surface area (Å²) in [6, 6.07) is 3.86. The van der Waals surface area contributed by atoms with E-state index < -0.39 is 43.6 Å². The van der Waals surface area contributed by atoms with Crippen molar-refractivity contribution >= 4 is 27.6 Å². The maximum Gasteiger partial charge on any atom is 0.233 e. The molecule has 0 bridgehead atoms. The Bertz CT molecular complexity index is 1330. The van der Waals surface area contributed by atoms with Crippen molar-refractivity contribution in [2.45, 2.75) is 51.0 Å². The van der Waals surface area contributed by atoms with Crippen molar-refractivity contribution < 1.29 is 21.9 Å². The highest BCUT2D eigenvalue weighted by Crippen LogP contribution is 2.38. The molecule has 2 aromatic rings. The molecule has 2 unspecified atom stereocenters. The molecule has 0 amide bonds. The summed E-state index contributed by atoms with van der Waals surface area (Å²) in [5, 5.41) is 0. The first-order valence-corrected chi connectivity index (χ1v) is 12.1. The van der Waals surface area contributed by atoms with Crippen molar-refractivity contribution in [1.29, 1.82) is 0 Å². The van der Waals surface area contributed by atoms with Gasteiger partial charge in [-0.3, -0.25) is 4.99 Å². The summed E-state index contributed by atoms with van der Waals surface area (Å²) >= 11 is 0. The monoisotopic (exact) mass is 488 g/mol. The fourth-order valence-electron chi connectivity index (χ4n) is 3.46. The van der Waals surface area contributed by atoms with E-state index in [1.165, 1.54) is 45.3 Å². The zero-order valence-corrected chi connectivity index (χ0v) is 20.4. The molecule has 0 fully saturated rings. The van der Waals surface area contributed by atoms with Crippen LogP contribution >= 0.6 is 0 Å². The van der Waals surface area contributed by atoms with E-state index in [0.29, 0.717) is 5.56 Å². The smallest absolute Gasteiger partial charge is 0.233 e. The molecule has 1 aromatic heterocycles. The minimum atomic E-state index is -3.73. The van der Waals surface area contributed by atoms with Gasteiger partial charge in [0.2, 0.25) is 5.88 Å². The molecule has 7 nitrogen and oxygen atoms in total. The van der Waals surface area contributed by atoms with Crippen LogP contribution in [0.15, 0.2) is 35.6 Å². The van der Waals surface area contributed by atoms with Gasteiger partial charge in [-0.25, -0.2) is 27.2 Å². The Morgan fingerprint density at radius 1 is 1.26 bits per heavy atom. The standard InChI is InChI=1S/C24H26F2N4O3S/c1-6-7-15(2)33-21-13-28-20(12-29-21)19(26)11-16-8-9-18(25)17(10-16)24(5)14-34(31,32)23(3,4)22(27)30-24/h8-13,15H,14H2,1-5H3,(H2,27,30)/b19-11-. The Morgan fingerprint density at radius 2 is 1.97 bits per heavy atom. The van der Waals surface area contributed by atoms with E-state index in [2.05, 4.69) is 26.8 Å². The summed E-state index contributed by atoms with van der Waals surface area (Å²) in [4.78, 5) is 12.4. The Labute approximate surface area is 198 Å². The third-order valence-electron chi connectivity index (χ3n) is 5.61. The fourth-order valence-corrected chi connectivity index (χ4v) is 5.15. The van der Waals surface area contributed by atoms with Crippen LogP contribution in [0.1, 0.15) is 51.4 Å². The number of nitrogens with two attached hydrogens (primary N) is 1. The SMILES string of the molecule is CC#CC(C)Oc1cnc(/C(F)=C/c2ccc(F)c(C3(C)CS(=O)(=O)C(C)(C)C(N)=N3)c2)cn1. The highest BCUT2D eigenvalue weighted by Gasteiger charge is 2.49. The van der Waals surface area contributed by atoms with Gasteiger partial charge in [0.15, 0.2) is 21.8 Å². The molecule has 2 N–H and O–H groups in total. The summed E-state index contributed by atoms with van der Waals surface area (Å²) < 4.78 is 59.3. The third-order valence-corrected chi connectivity index (χ3v) is 8.32. The lowest BCUT2D eigenvalue weighted by atomic mass is 9.91. The fraction of sp³-hybridized carbons (Fsp3) is 0.375. The van der Waals surface area contributed by atoms with Crippen molar-refractivity contribution in [1.82, 2.24) is 9.97 Å². The minimum Gasteiger partial charge on any atom is -0.460 e. The van der Waals surface area contributed by atoms with E-state index in [4.69, 9.17) is 10.5 Å². The molecule has 0 radical (unpaired) electrons. The van der Waals surface area contributed by atoms with Crippen LogP contribution in [0.25, 0.3) is 11.9 Å². The van der Waals surface area contributed by atoms with Crippen molar-refractivity contribution in [2.75, 3.05) is 5.75 Å². The number of benzene rings is 1. The number of ether oxygens (including phenoxy) is 1. The maximum absolute atomic E-state index is 14.9. The van der Waals surface area contributed by atoms with Crippen molar-refractivity contribution in [3.05, 3.63) is 53.2 Å². The van der Waals surface area contributed by atoms with Gasteiger partial charge in [0.05, 0.1) is 18.1 Å². The van der Waals surface area contributed by atoms with Crippen LogP contribution in [-0.2, 0) is 15.4 Å². The Morgan fingerprint density at radius 3 is 2.56 bits per heavy atom. The minimum absolute atomic E-state index is 0.00284. The molecular formula is C24H26F2N4O3S. The second-order valence-electron chi connectivity index (χ2n) is 8.67. The maximum atomic E-state index is 14.9. The van der Waals surface area contributed by atoms with Crippen LogP contribution in [0, 0.1) is 17.7 Å². The van der Waals surface area contributed by atoms with Gasteiger partial charge in [0.1, 0.15) is 27.6 Å². The van der Waals surface area contributed by atoms with E-state index >= 15 is 0 Å². The molecule has 0 saturated heterocycles. The molecule has 34 heavy (non-hydrogen) atoms. The predicted molar refractivity (Wildman–Crippen MR) is 128 cm³/mol. The average Bonchev–Trinajstić information content (AvgIpc) is 2.74. The van der Waals surface area contributed by atoms with Crippen LogP contribution in [0.4, 0.5) is 8.78 Å². The third kappa shape index (κ3) is 4.94. The Kier molecular flexibility index (Phi) is 6.80. The number of sulfone groups is 1. The van der Waals surface area contributed by atoms with Crippen LogP contribution < -0.4 is 10.5 Å². The summed E-state index contributed by atoms with van der Waals surface area (Å²) in [5.74, 6) is 3.79. The van der Waals surface area contributed by atoms with Gasteiger partial charge in [-0.1, -0.05) is 12.0 Å². The van der Waals surface area contributed by atoms with E-state index in [1.54, 1.807) is 13.8 Å². The highest BCUT2D eigenvalue weighted by atomic mass is 32.2. The van der Waals surface area contributed by atoms with Gasteiger partial charge < -0.3 is 10.5 Å². The number of hydrogen-bond acceptors (Lipinski definition) is 7. The van der Waals surface area contributed by atoms with Crippen LogP contribution in [0.2, 0.25) is 0 Å². The number of aromatic nitrogens is 2. The molecule has 3 rings (SSSR count). The zero-order valence-electron chi connectivity index (χ0n) is 19.6. The molecule has 180 valence electrons. The average molecular weight is 489 g/mol. The molecule has 2 atom stereocenters. The summed E-state index contributed by atoms with van der Waals surface area (Å²) in [5.41, 5.74) is 4.73. The first kappa shape index (κ1) is 25.3. The van der Waals surface area contributed by atoms with E-state index in [1.807, 2.05) is 0 Å². The summed E-state index contributed by atoms with van der Waals surface area (Å²) in [6.07, 6.45) is 3.24. The number of amidine groups is 1. The van der Waals surface area contributed by atoms with Gasteiger partial charge in [-0.15, -0.1) is 5.92 Å². The van der Waals surface area contributed by atoms with Gasteiger partial charge in [0.25, 0.3) is 0 Å². The number of rotatable bonds is 5. The van der Waals surface area contributed by atoms with Crippen LogP contribution in [-0.4, -0.2) is 40.8 Å². The van der Waals surface area contributed by atoms with E-state index in [-0.39, 0.29) is 23.0 Å². The lowest BCUT2D eigenvalue weighted by Crippen LogP contribution is -2.55. The molecule has 1 aliphatic rings. The van der Waals surface area contributed by atoms with Crippen molar-refractivity contribution in [3.63, 3.8) is 0 Å². The van der Waals surface area contributed by atoms with Crippen LogP contribution in [0.3, 0.4) is 0 Å². The largest absolute Gasteiger partial charge is 0.460 e. The summed E-state index contributed by atoms with van der Waals surface area (Å²) in [6.45, 7) is 7.84. The predicted octanol–water partition coefficient (Wildman–Crippen LogP) is 3.65. The second-order valence-corrected chi connectivity index (χ2v) is 11.2. The van der Waals surface area contributed by atoms with Gasteiger partial charge in [-0.2, -0.15) is 0 Å². The van der Waals surface area contributed by atoms with Gasteiger partial charge >= 0.3 is 0 Å². The molecule has 1 aliphatic heterocycles. The second kappa shape index (κ2) is 9.14. The quantitative estimate of drug-likeness (QED) is 0.644. The topological polar surface area (TPSA) is 108 Å². The number of hydrogen-bond donors (Lipinski definition) is 1. The first-order chi connectivity index (χ1) is 15.8. The van der Waals surface area contributed by atoms with E-state index in [0.717, 1.165) is 12.1 Å². The van der Waals surface area contributed by atoms with Crippen molar-refractivity contribution in [2.24, 2.45) is 10.7 Å². The number of nitrogens with zero attached hydrogens (tertiary/aromatic N) is 3. The molecule has 1 aromatic carbocycles. The normalized spacial score (nSPS) is 22.2. The lowest BCUT2D eigenvalue weighted by molar-refractivity contribution is 0.266. The lowest BCUT2D eigenvalue weighted by Gasteiger charge is -2.38. The molecule has 0 saturated carbocycles. The van der Waals surface area contributed by atoms with Crippen molar-refractivity contribution in [3.8, 4) is 17.7 Å². The zero-order chi connectivity index (χ0) is 25.3. The molecule has 2 heterocycles. The summed E-state index contributed by atoms with van der Waals surface area (Å²) in [7, 11) is -3.73. The van der Waals surface area contributed by atoms with E-state index in [9.17, 15) is 17.2 Å². The highest BCUT2D eigenvalue weighted by molar-refractivity contribution is 7.93. The molecule has 0 aliphatic carbocycles. The Balaban J connectivity index is 1.93. The first-order valence-electron chi connectivity index (χ1n) is 10.5. The Hall–Kier alpha value is -3.32. The van der Waals surface area contributed by atoms with Gasteiger partial charge in [-0.05, 0) is 58.4 Å². The number of aliphatic imine (C=N–C) groups is 1.